The SMILES string of the molecule is CCC(C)C(NC(=O)C(CC(=O)O)NC(=O)C(C)N)C(=O)NC(Cc1ccccc1)C(=O)O. The number of rotatable bonds is 13. The summed E-state index contributed by atoms with van der Waals surface area (Å²) in [5, 5.41) is 25.8. The Morgan fingerprint density at radius 2 is 1.45 bits per heavy atom. The first-order chi connectivity index (χ1) is 15.5. The number of nitrogens with two attached hydrogens (primary N) is 1. The Bertz CT molecular complexity index is 844. The summed E-state index contributed by atoms with van der Waals surface area (Å²) in [6.45, 7) is 4.84. The van der Waals surface area contributed by atoms with Crippen molar-refractivity contribution in [2.75, 3.05) is 0 Å². The molecule has 0 aliphatic rings. The van der Waals surface area contributed by atoms with Crippen LogP contribution >= 0.6 is 0 Å². The van der Waals surface area contributed by atoms with Gasteiger partial charge in [0.15, 0.2) is 0 Å². The molecule has 0 aliphatic carbocycles. The maximum absolute atomic E-state index is 12.9. The first kappa shape index (κ1) is 27.6. The van der Waals surface area contributed by atoms with Crippen molar-refractivity contribution in [2.24, 2.45) is 11.7 Å². The van der Waals surface area contributed by atoms with E-state index < -0.39 is 66.2 Å². The quantitative estimate of drug-likeness (QED) is 0.228. The van der Waals surface area contributed by atoms with Gasteiger partial charge in [-0.3, -0.25) is 19.2 Å². The van der Waals surface area contributed by atoms with Crippen molar-refractivity contribution in [1.82, 2.24) is 16.0 Å². The molecule has 0 bridgehead atoms. The average molecular weight is 465 g/mol. The van der Waals surface area contributed by atoms with Gasteiger partial charge >= 0.3 is 11.9 Å². The van der Waals surface area contributed by atoms with Crippen LogP contribution in [-0.4, -0.2) is 64.0 Å². The fourth-order valence-electron chi connectivity index (χ4n) is 2.95. The van der Waals surface area contributed by atoms with Gasteiger partial charge in [0.1, 0.15) is 18.1 Å². The topological polar surface area (TPSA) is 188 Å². The molecular formula is C22H32N4O7. The van der Waals surface area contributed by atoms with Gasteiger partial charge in [-0.1, -0.05) is 50.6 Å². The first-order valence-corrected chi connectivity index (χ1v) is 10.6. The zero-order valence-electron chi connectivity index (χ0n) is 18.9. The van der Waals surface area contributed by atoms with Crippen molar-refractivity contribution in [2.45, 2.75) is 64.2 Å². The third-order valence-corrected chi connectivity index (χ3v) is 5.12. The van der Waals surface area contributed by atoms with E-state index >= 15 is 0 Å². The molecule has 3 amide bonds. The molecule has 0 saturated heterocycles. The maximum Gasteiger partial charge on any atom is 0.326 e. The van der Waals surface area contributed by atoms with Crippen LogP contribution < -0.4 is 21.7 Å². The van der Waals surface area contributed by atoms with Crippen molar-refractivity contribution in [3.05, 3.63) is 35.9 Å². The van der Waals surface area contributed by atoms with E-state index in [1.54, 1.807) is 44.2 Å². The van der Waals surface area contributed by atoms with Gasteiger partial charge in [0.2, 0.25) is 17.7 Å². The summed E-state index contributed by atoms with van der Waals surface area (Å²) >= 11 is 0. The Kier molecular flexibility index (Phi) is 11.0. The highest BCUT2D eigenvalue weighted by atomic mass is 16.4. The predicted molar refractivity (Wildman–Crippen MR) is 119 cm³/mol. The van der Waals surface area contributed by atoms with Gasteiger partial charge in [-0.15, -0.1) is 0 Å². The molecule has 0 spiro atoms. The Labute approximate surface area is 192 Å². The molecule has 0 aromatic heterocycles. The number of carboxylic acid groups (broad SMARTS) is 2. The lowest BCUT2D eigenvalue weighted by Gasteiger charge is -2.27. The van der Waals surface area contributed by atoms with E-state index in [0.717, 1.165) is 0 Å². The average Bonchev–Trinajstić information content (AvgIpc) is 2.75. The molecule has 0 radical (unpaired) electrons. The van der Waals surface area contributed by atoms with Crippen LogP contribution in [0.4, 0.5) is 0 Å². The van der Waals surface area contributed by atoms with E-state index in [1.807, 2.05) is 0 Å². The molecule has 0 fully saturated rings. The lowest BCUT2D eigenvalue weighted by molar-refractivity contribution is -0.143. The van der Waals surface area contributed by atoms with Crippen LogP contribution in [0.1, 0.15) is 39.2 Å². The van der Waals surface area contributed by atoms with E-state index in [-0.39, 0.29) is 6.42 Å². The largest absolute Gasteiger partial charge is 0.481 e. The molecule has 182 valence electrons. The second kappa shape index (κ2) is 13.2. The number of carbonyl (C=O) groups excluding carboxylic acids is 3. The third-order valence-electron chi connectivity index (χ3n) is 5.12. The van der Waals surface area contributed by atoms with E-state index in [2.05, 4.69) is 16.0 Å². The second-order valence-corrected chi connectivity index (χ2v) is 7.91. The van der Waals surface area contributed by atoms with Gasteiger partial charge in [0.05, 0.1) is 12.5 Å². The van der Waals surface area contributed by atoms with Crippen LogP contribution in [0.25, 0.3) is 0 Å². The highest BCUT2D eigenvalue weighted by Gasteiger charge is 2.33. The zero-order valence-corrected chi connectivity index (χ0v) is 18.9. The van der Waals surface area contributed by atoms with E-state index in [9.17, 15) is 29.1 Å². The van der Waals surface area contributed by atoms with Crippen LogP contribution in [0, 0.1) is 5.92 Å². The monoisotopic (exact) mass is 464 g/mol. The molecular weight excluding hydrogens is 432 g/mol. The molecule has 1 rings (SSSR count). The molecule has 33 heavy (non-hydrogen) atoms. The lowest BCUT2D eigenvalue weighted by atomic mass is 9.96. The first-order valence-electron chi connectivity index (χ1n) is 10.6. The van der Waals surface area contributed by atoms with Gasteiger partial charge in [0.25, 0.3) is 0 Å². The Morgan fingerprint density at radius 1 is 0.879 bits per heavy atom. The van der Waals surface area contributed by atoms with Crippen molar-refractivity contribution in [3.63, 3.8) is 0 Å². The molecule has 5 unspecified atom stereocenters. The molecule has 5 atom stereocenters. The molecule has 1 aromatic rings. The van der Waals surface area contributed by atoms with Crippen LogP contribution in [0.15, 0.2) is 30.3 Å². The van der Waals surface area contributed by atoms with Crippen LogP contribution in [-0.2, 0) is 30.4 Å². The molecule has 0 aliphatic heterocycles. The number of nitrogens with one attached hydrogen (secondary N) is 3. The fraction of sp³-hybridized carbons (Fsp3) is 0.500. The van der Waals surface area contributed by atoms with E-state index in [1.165, 1.54) is 6.92 Å². The Hall–Kier alpha value is -3.47. The summed E-state index contributed by atoms with van der Waals surface area (Å²) in [5.74, 6) is -5.33. The fourth-order valence-corrected chi connectivity index (χ4v) is 2.95. The minimum Gasteiger partial charge on any atom is -0.481 e. The summed E-state index contributed by atoms with van der Waals surface area (Å²) in [4.78, 5) is 60.5. The zero-order chi connectivity index (χ0) is 25.1. The Balaban J connectivity index is 3.02. The van der Waals surface area contributed by atoms with Crippen molar-refractivity contribution < 1.29 is 34.2 Å². The number of amides is 3. The summed E-state index contributed by atoms with van der Waals surface area (Å²) < 4.78 is 0. The highest BCUT2D eigenvalue weighted by Crippen LogP contribution is 2.11. The minimum absolute atomic E-state index is 0.0369. The van der Waals surface area contributed by atoms with Gasteiger partial charge in [-0.25, -0.2) is 4.79 Å². The normalized spacial score (nSPS) is 15.3. The number of carbonyl (C=O) groups is 5. The standard InChI is InChI=1S/C22H32N4O7/c1-4-12(2)18(26-20(30)15(11-17(27)28)24-19(29)13(3)23)21(31)25-16(22(32)33)10-14-8-6-5-7-9-14/h5-9,12-13,15-16,18H,4,10-11,23H2,1-3H3,(H,24,29)(H,25,31)(H,26,30)(H,27,28)(H,32,33). The summed E-state index contributed by atoms with van der Waals surface area (Å²) in [6, 6.07) is 3.91. The van der Waals surface area contributed by atoms with Crippen molar-refractivity contribution in [1.29, 1.82) is 0 Å². The Morgan fingerprint density at radius 3 is 1.94 bits per heavy atom. The molecule has 0 saturated carbocycles. The van der Waals surface area contributed by atoms with Crippen LogP contribution in [0.5, 0.6) is 0 Å². The molecule has 11 heteroatoms. The number of hydrogen-bond acceptors (Lipinski definition) is 6. The lowest BCUT2D eigenvalue weighted by Crippen LogP contribution is -2.59. The second-order valence-electron chi connectivity index (χ2n) is 7.91. The van der Waals surface area contributed by atoms with Crippen molar-refractivity contribution in [3.8, 4) is 0 Å². The third kappa shape index (κ3) is 9.27. The minimum atomic E-state index is -1.46. The van der Waals surface area contributed by atoms with Crippen molar-refractivity contribution >= 4 is 29.7 Å². The number of hydrogen-bond donors (Lipinski definition) is 6. The number of benzene rings is 1. The number of aliphatic carboxylic acids is 2. The highest BCUT2D eigenvalue weighted by molar-refractivity contribution is 5.95. The molecule has 1 aromatic carbocycles. The van der Waals surface area contributed by atoms with Gasteiger partial charge < -0.3 is 31.9 Å². The molecule has 0 heterocycles. The van der Waals surface area contributed by atoms with Gasteiger partial charge in [-0.05, 0) is 18.4 Å². The van der Waals surface area contributed by atoms with E-state index in [4.69, 9.17) is 10.8 Å². The molecule has 7 N–H and O–H groups in total. The molecule has 11 nitrogen and oxygen atoms in total. The summed E-state index contributed by atoms with van der Waals surface area (Å²) in [7, 11) is 0. The summed E-state index contributed by atoms with van der Waals surface area (Å²) in [6.07, 6.45) is -0.218. The van der Waals surface area contributed by atoms with Gasteiger partial charge in [0, 0.05) is 6.42 Å². The smallest absolute Gasteiger partial charge is 0.326 e. The van der Waals surface area contributed by atoms with Crippen LogP contribution in [0.2, 0.25) is 0 Å². The maximum atomic E-state index is 12.9. The number of carboxylic acids is 2. The van der Waals surface area contributed by atoms with Gasteiger partial charge in [-0.2, -0.15) is 0 Å². The predicted octanol–water partition coefficient (Wildman–Crippen LogP) is -0.364. The van der Waals surface area contributed by atoms with E-state index in [0.29, 0.717) is 12.0 Å². The van der Waals surface area contributed by atoms with Crippen LogP contribution in [0.3, 0.4) is 0 Å². The summed E-state index contributed by atoms with van der Waals surface area (Å²) in [5.41, 5.74) is 6.17.